The van der Waals surface area contributed by atoms with Crippen molar-refractivity contribution < 1.29 is 8.42 Å². The van der Waals surface area contributed by atoms with Crippen LogP contribution in [0.15, 0.2) is 59.5 Å². The molecule has 4 nitrogen and oxygen atoms in total. The molecule has 0 aromatic heterocycles. The molecule has 0 aliphatic heterocycles. The minimum Gasteiger partial charge on any atom is -0.223 e. The average Bonchev–Trinajstić information content (AvgIpc) is 3.27. The van der Waals surface area contributed by atoms with Crippen molar-refractivity contribution in [2.45, 2.75) is 16.1 Å². The van der Waals surface area contributed by atoms with Crippen molar-refractivity contribution in [3.8, 4) is 12.1 Å². The molecule has 1 fully saturated rings. The van der Waals surface area contributed by atoms with Crippen LogP contribution in [0.3, 0.4) is 0 Å². The standard InChI is InChI=1S/C17H11ClN2O2S/c18-13-8-6-12(7-9-13)15-16(17(15,10-19)11-20)23(21,22)14-4-2-1-3-5-14/h1-9,15-16H/t15-,16+/m0/s1. The third-order valence-corrected chi connectivity index (χ3v) is 6.63. The molecule has 0 saturated heterocycles. The fourth-order valence-corrected chi connectivity index (χ4v) is 5.28. The highest BCUT2D eigenvalue weighted by molar-refractivity contribution is 7.92. The molecule has 2 aromatic carbocycles. The summed E-state index contributed by atoms with van der Waals surface area (Å²) in [4.78, 5) is 0.122. The van der Waals surface area contributed by atoms with Crippen LogP contribution in [0.2, 0.25) is 5.02 Å². The van der Waals surface area contributed by atoms with E-state index < -0.39 is 26.4 Å². The van der Waals surface area contributed by atoms with Crippen LogP contribution in [0.25, 0.3) is 0 Å². The monoisotopic (exact) mass is 342 g/mol. The van der Waals surface area contributed by atoms with E-state index in [9.17, 15) is 18.9 Å². The molecular weight excluding hydrogens is 332 g/mol. The van der Waals surface area contributed by atoms with Crippen LogP contribution in [-0.4, -0.2) is 13.7 Å². The second kappa shape index (κ2) is 5.38. The Morgan fingerprint density at radius 2 is 1.52 bits per heavy atom. The summed E-state index contributed by atoms with van der Waals surface area (Å²) in [5.74, 6) is -0.681. The number of rotatable bonds is 3. The van der Waals surface area contributed by atoms with Crippen LogP contribution < -0.4 is 0 Å². The molecule has 2 aromatic rings. The normalized spacial score (nSPS) is 21.9. The quantitative estimate of drug-likeness (QED) is 0.856. The molecule has 0 amide bonds. The van der Waals surface area contributed by atoms with Crippen LogP contribution in [0.5, 0.6) is 0 Å². The minimum atomic E-state index is -3.78. The maximum Gasteiger partial charge on any atom is 0.184 e. The van der Waals surface area contributed by atoms with Crippen molar-refractivity contribution in [1.29, 1.82) is 10.5 Å². The largest absolute Gasteiger partial charge is 0.223 e. The van der Waals surface area contributed by atoms with Crippen molar-refractivity contribution in [1.82, 2.24) is 0 Å². The predicted octanol–water partition coefficient (Wildman–Crippen LogP) is 3.31. The van der Waals surface area contributed by atoms with Gasteiger partial charge in [-0.15, -0.1) is 0 Å². The number of halogens is 1. The molecule has 23 heavy (non-hydrogen) atoms. The number of hydrogen-bond donors (Lipinski definition) is 0. The second-order valence-corrected chi connectivity index (χ2v) is 7.91. The van der Waals surface area contributed by atoms with E-state index in [0.717, 1.165) is 0 Å². The lowest BCUT2D eigenvalue weighted by atomic mass is 10.0. The fourth-order valence-electron chi connectivity index (χ4n) is 2.94. The van der Waals surface area contributed by atoms with Gasteiger partial charge in [0.25, 0.3) is 0 Å². The van der Waals surface area contributed by atoms with Crippen LogP contribution >= 0.6 is 11.6 Å². The van der Waals surface area contributed by atoms with Gasteiger partial charge in [-0.2, -0.15) is 10.5 Å². The van der Waals surface area contributed by atoms with Gasteiger partial charge in [-0.3, -0.25) is 0 Å². The Hall–Kier alpha value is -2.34. The number of nitriles is 2. The van der Waals surface area contributed by atoms with Gasteiger partial charge in [0.1, 0.15) is 5.25 Å². The van der Waals surface area contributed by atoms with E-state index in [1.165, 1.54) is 12.1 Å². The summed E-state index contributed by atoms with van der Waals surface area (Å²) in [7, 11) is -3.78. The lowest BCUT2D eigenvalue weighted by Crippen LogP contribution is -2.14. The summed E-state index contributed by atoms with van der Waals surface area (Å²) in [6.45, 7) is 0. The van der Waals surface area contributed by atoms with Crippen molar-refractivity contribution in [2.75, 3.05) is 0 Å². The third-order valence-electron chi connectivity index (χ3n) is 4.14. The van der Waals surface area contributed by atoms with Crippen LogP contribution in [0.4, 0.5) is 0 Å². The Kier molecular flexibility index (Phi) is 3.64. The molecule has 1 aliphatic carbocycles. The number of sulfone groups is 1. The van der Waals surface area contributed by atoms with Gasteiger partial charge in [0.05, 0.1) is 17.0 Å². The van der Waals surface area contributed by atoms with E-state index in [4.69, 9.17) is 11.6 Å². The maximum atomic E-state index is 12.9. The van der Waals surface area contributed by atoms with E-state index >= 15 is 0 Å². The first kappa shape index (κ1) is 15.6. The van der Waals surface area contributed by atoms with Gasteiger partial charge in [-0.25, -0.2) is 8.42 Å². The van der Waals surface area contributed by atoms with Crippen LogP contribution in [0, 0.1) is 28.1 Å². The molecule has 1 aliphatic rings. The van der Waals surface area contributed by atoms with Gasteiger partial charge in [0.2, 0.25) is 0 Å². The van der Waals surface area contributed by atoms with Gasteiger partial charge < -0.3 is 0 Å². The zero-order chi connectivity index (χ0) is 16.7. The van der Waals surface area contributed by atoms with E-state index in [0.29, 0.717) is 10.6 Å². The summed E-state index contributed by atoms with van der Waals surface area (Å²) in [6, 6.07) is 18.3. The van der Waals surface area contributed by atoms with E-state index in [1.807, 2.05) is 12.1 Å². The van der Waals surface area contributed by atoms with Gasteiger partial charge in [-0.05, 0) is 29.8 Å². The first-order valence-electron chi connectivity index (χ1n) is 6.84. The van der Waals surface area contributed by atoms with Gasteiger partial charge in [0, 0.05) is 10.9 Å². The molecule has 0 heterocycles. The summed E-state index contributed by atoms with van der Waals surface area (Å²) in [5, 5.41) is 18.4. The van der Waals surface area contributed by atoms with E-state index in [2.05, 4.69) is 0 Å². The summed E-state index contributed by atoms with van der Waals surface area (Å²) in [5.41, 5.74) is -0.940. The molecular formula is C17H11ClN2O2S. The number of hydrogen-bond acceptors (Lipinski definition) is 4. The molecule has 6 heteroatoms. The third kappa shape index (κ3) is 2.30. The number of nitrogens with zero attached hydrogens (tertiary/aromatic N) is 2. The van der Waals surface area contributed by atoms with Gasteiger partial charge in [0.15, 0.2) is 15.3 Å². The molecule has 3 rings (SSSR count). The highest BCUT2D eigenvalue weighted by Crippen LogP contribution is 2.63. The van der Waals surface area contributed by atoms with E-state index in [-0.39, 0.29) is 4.90 Å². The molecule has 0 N–H and O–H groups in total. The first-order valence-corrected chi connectivity index (χ1v) is 8.77. The van der Waals surface area contributed by atoms with Crippen molar-refractivity contribution in [3.05, 3.63) is 65.2 Å². The summed E-state index contributed by atoms with van der Waals surface area (Å²) >= 11 is 5.85. The lowest BCUT2D eigenvalue weighted by Gasteiger charge is -2.03. The predicted molar refractivity (Wildman–Crippen MR) is 85.3 cm³/mol. The highest BCUT2D eigenvalue weighted by atomic mass is 35.5. The molecule has 0 unspecified atom stereocenters. The SMILES string of the molecule is N#CC1(C#N)[C@H](S(=O)(=O)c2ccccc2)[C@@H]1c1ccc(Cl)cc1. The zero-order valence-corrected chi connectivity index (χ0v) is 13.4. The molecule has 2 atom stereocenters. The molecule has 114 valence electrons. The highest BCUT2D eigenvalue weighted by Gasteiger charge is 2.73. The van der Waals surface area contributed by atoms with Gasteiger partial charge in [-0.1, -0.05) is 41.9 Å². The number of benzene rings is 2. The lowest BCUT2D eigenvalue weighted by molar-refractivity contribution is 0.591. The molecule has 0 bridgehead atoms. The molecule has 0 spiro atoms. The molecule has 1 saturated carbocycles. The second-order valence-electron chi connectivity index (χ2n) is 5.40. The fraction of sp³-hybridized carbons (Fsp3) is 0.176. The Bertz CT molecular complexity index is 911. The summed E-state index contributed by atoms with van der Waals surface area (Å²) < 4.78 is 25.7. The van der Waals surface area contributed by atoms with Gasteiger partial charge >= 0.3 is 0 Å². The van der Waals surface area contributed by atoms with Crippen molar-refractivity contribution in [3.63, 3.8) is 0 Å². The van der Waals surface area contributed by atoms with Crippen molar-refractivity contribution >= 4 is 21.4 Å². The average molecular weight is 343 g/mol. The smallest absolute Gasteiger partial charge is 0.184 e. The van der Waals surface area contributed by atoms with Crippen LogP contribution in [0.1, 0.15) is 11.5 Å². The Balaban J connectivity index is 2.10. The first-order chi connectivity index (χ1) is 11.0. The van der Waals surface area contributed by atoms with Crippen LogP contribution in [-0.2, 0) is 9.84 Å². The zero-order valence-electron chi connectivity index (χ0n) is 11.8. The Morgan fingerprint density at radius 1 is 0.957 bits per heavy atom. The Morgan fingerprint density at radius 3 is 2.04 bits per heavy atom. The minimum absolute atomic E-state index is 0.122. The van der Waals surface area contributed by atoms with E-state index in [1.54, 1.807) is 42.5 Å². The maximum absolute atomic E-state index is 12.9. The Labute approximate surface area is 139 Å². The summed E-state index contributed by atoms with van der Waals surface area (Å²) in [6.07, 6.45) is 0. The topological polar surface area (TPSA) is 81.7 Å². The van der Waals surface area contributed by atoms with Crippen molar-refractivity contribution in [2.24, 2.45) is 5.41 Å². The molecule has 0 radical (unpaired) electrons.